The van der Waals surface area contributed by atoms with E-state index in [-0.39, 0.29) is 0 Å². The molecule has 0 aromatic rings. The molecule has 1 aliphatic heterocycles. The van der Waals surface area contributed by atoms with E-state index in [9.17, 15) is 0 Å². The molecule has 3 heteroatoms. The fourth-order valence-electron chi connectivity index (χ4n) is 1.97. The summed E-state index contributed by atoms with van der Waals surface area (Å²) >= 11 is 2.07. The molecule has 2 rings (SSSR count). The lowest BCUT2D eigenvalue weighted by atomic mass is 9.86. The van der Waals surface area contributed by atoms with E-state index in [4.69, 9.17) is 5.73 Å². The predicted molar refractivity (Wildman–Crippen MR) is 54.4 cm³/mol. The van der Waals surface area contributed by atoms with Crippen molar-refractivity contribution in [2.24, 2.45) is 11.7 Å². The van der Waals surface area contributed by atoms with Gasteiger partial charge < -0.3 is 11.1 Å². The summed E-state index contributed by atoms with van der Waals surface area (Å²) < 4.78 is 0. The van der Waals surface area contributed by atoms with E-state index < -0.39 is 0 Å². The molecule has 0 spiro atoms. The SMILES string of the molecule is CC1CSCC1NC1CC(N)C1. The van der Waals surface area contributed by atoms with Gasteiger partial charge >= 0.3 is 0 Å². The average Bonchev–Trinajstić information content (AvgIpc) is 2.33. The van der Waals surface area contributed by atoms with Crippen molar-refractivity contribution in [2.75, 3.05) is 11.5 Å². The second-order valence-corrected chi connectivity index (χ2v) is 5.29. The maximum atomic E-state index is 5.73. The smallest absolute Gasteiger partial charge is 0.0194 e. The molecular weight excluding hydrogens is 168 g/mol. The molecule has 70 valence electrons. The monoisotopic (exact) mass is 186 g/mol. The second-order valence-electron chi connectivity index (χ2n) is 4.22. The van der Waals surface area contributed by atoms with E-state index in [2.05, 4.69) is 24.0 Å². The summed E-state index contributed by atoms with van der Waals surface area (Å²) in [5, 5.41) is 3.69. The number of hydrogen-bond donors (Lipinski definition) is 2. The summed E-state index contributed by atoms with van der Waals surface area (Å²) in [4.78, 5) is 0. The molecule has 2 aliphatic rings. The van der Waals surface area contributed by atoms with Crippen molar-refractivity contribution in [1.29, 1.82) is 0 Å². The van der Waals surface area contributed by atoms with E-state index in [1.54, 1.807) is 0 Å². The lowest BCUT2D eigenvalue weighted by Gasteiger charge is -2.36. The molecule has 2 fully saturated rings. The summed E-state index contributed by atoms with van der Waals surface area (Å²) in [5.74, 6) is 3.48. The summed E-state index contributed by atoms with van der Waals surface area (Å²) in [6.07, 6.45) is 2.38. The third kappa shape index (κ3) is 1.78. The molecule has 2 unspecified atom stereocenters. The zero-order valence-electron chi connectivity index (χ0n) is 7.62. The Morgan fingerprint density at radius 1 is 1.33 bits per heavy atom. The van der Waals surface area contributed by atoms with Crippen LogP contribution in [0.25, 0.3) is 0 Å². The maximum absolute atomic E-state index is 5.73. The van der Waals surface area contributed by atoms with E-state index in [1.165, 1.54) is 24.3 Å². The minimum atomic E-state index is 0.479. The fourth-order valence-corrected chi connectivity index (χ4v) is 3.39. The number of hydrogen-bond acceptors (Lipinski definition) is 3. The van der Waals surface area contributed by atoms with E-state index in [0.717, 1.165) is 18.0 Å². The second kappa shape index (κ2) is 3.56. The highest BCUT2D eigenvalue weighted by molar-refractivity contribution is 7.99. The standard InChI is InChI=1S/C9H18N2S/c1-6-4-12-5-9(6)11-8-2-7(10)3-8/h6-9,11H,2-5,10H2,1H3. The Balaban J connectivity index is 1.72. The van der Waals surface area contributed by atoms with Gasteiger partial charge in [-0.15, -0.1) is 0 Å². The Morgan fingerprint density at radius 3 is 2.58 bits per heavy atom. The van der Waals surface area contributed by atoms with Crippen molar-refractivity contribution < 1.29 is 0 Å². The molecule has 1 saturated carbocycles. The van der Waals surface area contributed by atoms with Crippen molar-refractivity contribution >= 4 is 11.8 Å². The Bertz CT molecular complexity index is 157. The van der Waals surface area contributed by atoms with Gasteiger partial charge in [0.2, 0.25) is 0 Å². The first-order chi connectivity index (χ1) is 5.75. The van der Waals surface area contributed by atoms with Gasteiger partial charge in [-0.25, -0.2) is 0 Å². The van der Waals surface area contributed by atoms with Crippen LogP contribution in [-0.4, -0.2) is 29.6 Å². The first-order valence-electron chi connectivity index (χ1n) is 4.85. The van der Waals surface area contributed by atoms with Crippen molar-refractivity contribution in [3.05, 3.63) is 0 Å². The first-order valence-corrected chi connectivity index (χ1v) is 6.00. The van der Waals surface area contributed by atoms with Gasteiger partial charge in [0.25, 0.3) is 0 Å². The van der Waals surface area contributed by atoms with Gasteiger partial charge in [-0.05, 0) is 24.5 Å². The summed E-state index contributed by atoms with van der Waals surface area (Å²) in [7, 11) is 0. The molecule has 1 heterocycles. The highest BCUT2D eigenvalue weighted by Gasteiger charge is 2.31. The number of nitrogens with one attached hydrogen (secondary N) is 1. The topological polar surface area (TPSA) is 38.0 Å². The predicted octanol–water partition coefficient (Wildman–Crippen LogP) is 0.817. The van der Waals surface area contributed by atoms with Crippen LogP contribution in [0.2, 0.25) is 0 Å². The zero-order valence-corrected chi connectivity index (χ0v) is 8.44. The van der Waals surface area contributed by atoms with Gasteiger partial charge in [-0.3, -0.25) is 0 Å². The molecule has 0 aromatic heterocycles. The summed E-state index contributed by atoms with van der Waals surface area (Å²) in [5.41, 5.74) is 5.73. The molecular formula is C9H18N2S. The van der Waals surface area contributed by atoms with Gasteiger partial charge in [-0.2, -0.15) is 11.8 Å². The molecule has 0 radical (unpaired) electrons. The third-order valence-corrected chi connectivity index (χ3v) is 4.35. The quantitative estimate of drug-likeness (QED) is 0.670. The summed E-state index contributed by atoms with van der Waals surface area (Å²) in [6, 6.07) is 1.96. The minimum Gasteiger partial charge on any atom is -0.328 e. The number of rotatable bonds is 2. The highest BCUT2D eigenvalue weighted by atomic mass is 32.2. The fraction of sp³-hybridized carbons (Fsp3) is 1.00. The van der Waals surface area contributed by atoms with E-state index in [0.29, 0.717) is 6.04 Å². The Labute approximate surface area is 78.7 Å². The Kier molecular flexibility index (Phi) is 2.63. The molecule has 0 bridgehead atoms. The van der Waals surface area contributed by atoms with Crippen molar-refractivity contribution in [1.82, 2.24) is 5.32 Å². The lowest BCUT2D eigenvalue weighted by molar-refractivity contribution is 0.256. The Hall–Kier alpha value is 0.270. The zero-order chi connectivity index (χ0) is 8.55. The lowest BCUT2D eigenvalue weighted by Crippen LogP contribution is -2.53. The van der Waals surface area contributed by atoms with Crippen molar-refractivity contribution in [2.45, 2.75) is 37.9 Å². The van der Waals surface area contributed by atoms with Crippen molar-refractivity contribution in [3.63, 3.8) is 0 Å². The largest absolute Gasteiger partial charge is 0.328 e. The molecule has 2 nitrogen and oxygen atoms in total. The maximum Gasteiger partial charge on any atom is 0.0194 e. The van der Waals surface area contributed by atoms with E-state index >= 15 is 0 Å². The molecule has 0 amide bonds. The van der Waals surface area contributed by atoms with Gasteiger partial charge in [0, 0.05) is 23.9 Å². The molecule has 12 heavy (non-hydrogen) atoms. The van der Waals surface area contributed by atoms with Crippen LogP contribution in [0.1, 0.15) is 19.8 Å². The van der Waals surface area contributed by atoms with Crippen LogP contribution < -0.4 is 11.1 Å². The van der Waals surface area contributed by atoms with Crippen LogP contribution in [0.3, 0.4) is 0 Å². The van der Waals surface area contributed by atoms with Crippen LogP contribution in [0.4, 0.5) is 0 Å². The van der Waals surface area contributed by atoms with Crippen LogP contribution in [0.5, 0.6) is 0 Å². The minimum absolute atomic E-state index is 0.479. The van der Waals surface area contributed by atoms with E-state index in [1.807, 2.05) is 0 Å². The average molecular weight is 186 g/mol. The molecule has 1 saturated heterocycles. The van der Waals surface area contributed by atoms with Crippen LogP contribution >= 0.6 is 11.8 Å². The van der Waals surface area contributed by atoms with Gasteiger partial charge in [0.1, 0.15) is 0 Å². The van der Waals surface area contributed by atoms with Gasteiger partial charge in [0.05, 0.1) is 0 Å². The van der Waals surface area contributed by atoms with Crippen LogP contribution in [0.15, 0.2) is 0 Å². The molecule has 3 N–H and O–H groups in total. The number of thioether (sulfide) groups is 1. The molecule has 0 aromatic carbocycles. The van der Waals surface area contributed by atoms with Gasteiger partial charge in [-0.1, -0.05) is 6.92 Å². The van der Waals surface area contributed by atoms with Crippen LogP contribution in [0, 0.1) is 5.92 Å². The number of nitrogens with two attached hydrogens (primary N) is 1. The third-order valence-electron chi connectivity index (χ3n) is 2.99. The molecule has 1 aliphatic carbocycles. The normalized spacial score (nSPS) is 47.5. The first kappa shape index (κ1) is 8.85. The van der Waals surface area contributed by atoms with Crippen LogP contribution in [-0.2, 0) is 0 Å². The highest BCUT2D eigenvalue weighted by Crippen LogP contribution is 2.26. The Morgan fingerprint density at radius 2 is 2.08 bits per heavy atom. The molecule has 2 atom stereocenters. The van der Waals surface area contributed by atoms with Crippen molar-refractivity contribution in [3.8, 4) is 0 Å². The van der Waals surface area contributed by atoms with Gasteiger partial charge in [0.15, 0.2) is 0 Å². The summed E-state index contributed by atoms with van der Waals surface area (Å²) in [6.45, 7) is 2.34.